The van der Waals surface area contributed by atoms with E-state index in [2.05, 4.69) is 10.4 Å². The molecule has 0 radical (unpaired) electrons. The molecule has 1 aromatic rings. The minimum Gasteiger partial charge on any atom is -0.481 e. The topological polar surface area (TPSA) is 84.2 Å². The molecule has 1 aliphatic carbocycles. The van der Waals surface area contributed by atoms with Crippen LogP contribution >= 0.6 is 0 Å². The number of aryl methyl sites for hydroxylation is 2. The summed E-state index contributed by atoms with van der Waals surface area (Å²) in [6.07, 6.45) is 5.45. The number of amides is 1. The summed E-state index contributed by atoms with van der Waals surface area (Å²) in [7, 11) is 1.80. The molecule has 1 amide bonds. The van der Waals surface area contributed by atoms with Crippen LogP contribution in [0.4, 0.5) is 5.69 Å². The van der Waals surface area contributed by atoms with Crippen LogP contribution in [0.2, 0.25) is 0 Å². The Kier molecular flexibility index (Phi) is 4.11. The molecule has 6 nitrogen and oxygen atoms in total. The Morgan fingerprint density at radius 1 is 1.45 bits per heavy atom. The summed E-state index contributed by atoms with van der Waals surface area (Å²) < 4.78 is 1.65. The maximum absolute atomic E-state index is 12.1. The second kappa shape index (κ2) is 5.64. The predicted molar refractivity (Wildman–Crippen MR) is 74.4 cm³/mol. The lowest BCUT2D eigenvalue weighted by molar-refractivity contribution is -0.150. The zero-order chi connectivity index (χ0) is 14.8. The van der Waals surface area contributed by atoms with Crippen LogP contribution in [0.25, 0.3) is 0 Å². The fourth-order valence-corrected chi connectivity index (χ4v) is 2.92. The van der Waals surface area contributed by atoms with Gasteiger partial charge in [0.1, 0.15) is 0 Å². The highest BCUT2D eigenvalue weighted by molar-refractivity contribution is 5.94. The molecule has 1 fully saturated rings. The van der Waals surface area contributed by atoms with E-state index in [-0.39, 0.29) is 12.3 Å². The van der Waals surface area contributed by atoms with Crippen molar-refractivity contribution in [1.82, 2.24) is 9.78 Å². The van der Waals surface area contributed by atoms with Gasteiger partial charge in [-0.2, -0.15) is 5.10 Å². The normalized spacial score (nSPS) is 17.1. The van der Waals surface area contributed by atoms with Crippen LogP contribution in [0.5, 0.6) is 0 Å². The van der Waals surface area contributed by atoms with Gasteiger partial charge in [0, 0.05) is 19.7 Å². The van der Waals surface area contributed by atoms with Gasteiger partial charge in [0.15, 0.2) is 0 Å². The van der Waals surface area contributed by atoms with Crippen molar-refractivity contribution < 1.29 is 14.7 Å². The van der Waals surface area contributed by atoms with Crippen LogP contribution in [0.1, 0.15) is 44.7 Å². The Bertz CT molecular complexity index is 516. The molecule has 0 aliphatic heterocycles. The van der Waals surface area contributed by atoms with E-state index in [1.165, 1.54) is 0 Å². The summed E-state index contributed by atoms with van der Waals surface area (Å²) in [5, 5.41) is 16.4. The summed E-state index contributed by atoms with van der Waals surface area (Å²) in [5.74, 6) is -1.09. The number of rotatable bonds is 5. The minimum absolute atomic E-state index is 0.0420. The maximum Gasteiger partial charge on any atom is 0.310 e. The van der Waals surface area contributed by atoms with Gasteiger partial charge in [-0.05, 0) is 19.3 Å². The first-order chi connectivity index (χ1) is 9.47. The molecule has 0 saturated heterocycles. The minimum atomic E-state index is -0.876. The average molecular weight is 279 g/mol. The van der Waals surface area contributed by atoms with Gasteiger partial charge in [-0.15, -0.1) is 0 Å². The van der Waals surface area contributed by atoms with Crippen molar-refractivity contribution in [2.75, 3.05) is 5.32 Å². The Hall–Kier alpha value is -1.85. The first-order valence-electron chi connectivity index (χ1n) is 7.02. The molecule has 0 unspecified atom stereocenters. The van der Waals surface area contributed by atoms with Gasteiger partial charge in [-0.1, -0.05) is 19.8 Å². The van der Waals surface area contributed by atoms with Gasteiger partial charge in [0.05, 0.1) is 16.8 Å². The Balaban J connectivity index is 2.06. The number of carbonyl (C=O) groups excluding carboxylic acids is 1. The van der Waals surface area contributed by atoms with Gasteiger partial charge in [0.25, 0.3) is 0 Å². The number of carboxylic acid groups (broad SMARTS) is 1. The average Bonchev–Trinajstić information content (AvgIpc) is 2.97. The Morgan fingerprint density at radius 2 is 2.10 bits per heavy atom. The number of nitrogens with one attached hydrogen (secondary N) is 1. The molecular weight excluding hydrogens is 258 g/mol. The van der Waals surface area contributed by atoms with Gasteiger partial charge in [-0.3, -0.25) is 14.3 Å². The zero-order valence-electron chi connectivity index (χ0n) is 12.0. The Labute approximate surface area is 118 Å². The first kappa shape index (κ1) is 14.6. The fourth-order valence-electron chi connectivity index (χ4n) is 2.92. The number of anilines is 1. The molecular formula is C14H21N3O3. The third-order valence-electron chi connectivity index (χ3n) is 4.03. The molecule has 1 aromatic heterocycles. The van der Waals surface area contributed by atoms with Crippen LogP contribution in [0.15, 0.2) is 6.20 Å². The molecule has 1 aliphatic rings. The largest absolute Gasteiger partial charge is 0.481 e. The predicted octanol–water partition coefficient (Wildman–Crippen LogP) is 1.96. The molecule has 2 N–H and O–H groups in total. The summed E-state index contributed by atoms with van der Waals surface area (Å²) in [5.41, 5.74) is 0.619. The van der Waals surface area contributed by atoms with E-state index in [4.69, 9.17) is 0 Å². The third kappa shape index (κ3) is 2.84. The molecule has 0 aromatic carbocycles. The number of aliphatic carboxylic acids is 1. The number of hydrogen-bond acceptors (Lipinski definition) is 3. The molecule has 1 saturated carbocycles. The molecule has 2 rings (SSSR count). The third-order valence-corrected chi connectivity index (χ3v) is 4.03. The standard InChI is InChI=1S/C14H21N3O3/c1-3-10-11(9-17(2)16-10)15-12(18)8-14(13(19)20)6-4-5-7-14/h9H,3-8H2,1-2H3,(H,15,18)(H,19,20). The molecule has 1 heterocycles. The second-order valence-corrected chi connectivity index (χ2v) is 5.53. The highest BCUT2D eigenvalue weighted by Gasteiger charge is 2.43. The van der Waals surface area contributed by atoms with Crippen molar-refractivity contribution in [3.8, 4) is 0 Å². The van der Waals surface area contributed by atoms with Crippen LogP contribution in [-0.4, -0.2) is 26.8 Å². The van der Waals surface area contributed by atoms with Gasteiger partial charge in [0.2, 0.25) is 5.91 Å². The molecule has 20 heavy (non-hydrogen) atoms. The number of hydrogen-bond donors (Lipinski definition) is 2. The number of nitrogens with zero attached hydrogens (tertiary/aromatic N) is 2. The molecule has 110 valence electrons. The Morgan fingerprint density at radius 3 is 2.65 bits per heavy atom. The number of carbonyl (C=O) groups is 2. The van der Waals surface area contributed by atoms with Crippen molar-refractivity contribution in [2.24, 2.45) is 12.5 Å². The fraction of sp³-hybridized carbons (Fsp3) is 0.643. The zero-order valence-corrected chi connectivity index (χ0v) is 12.0. The van der Waals surface area contributed by atoms with E-state index in [0.29, 0.717) is 18.5 Å². The lowest BCUT2D eigenvalue weighted by Gasteiger charge is -2.22. The van der Waals surface area contributed by atoms with Gasteiger partial charge in [-0.25, -0.2) is 0 Å². The second-order valence-electron chi connectivity index (χ2n) is 5.53. The first-order valence-corrected chi connectivity index (χ1v) is 7.02. The quantitative estimate of drug-likeness (QED) is 0.863. The van der Waals surface area contributed by atoms with E-state index in [0.717, 1.165) is 25.0 Å². The van der Waals surface area contributed by atoms with Crippen LogP contribution in [-0.2, 0) is 23.1 Å². The van der Waals surface area contributed by atoms with Crippen molar-refractivity contribution in [1.29, 1.82) is 0 Å². The maximum atomic E-state index is 12.1. The summed E-state index contributed by atoms with van der Waals surface area (Å²) >= 11 is 0. The molecule has 6 heteroatoms. The van der Waals surface area contributed by atoms with E-state index in [9.17, 15) is 14.7 Å². The van der Waals surface area contributed by atoms with Crippen molar-refractivity contribution in [3.63, 3.8) is 0 Å². The van der Waals surface area contributed by atoms with E-state index in [1.54, 1.807) is 17.9 Å². The molecule has 0 atom stereocenters. The van der Waals surface area contributed by atoms with Crippen LogP contribution in [0.3, 0.4) is 0 Å². The monoisotopic (exact) mass is 279 g/mol. The van der Waals surface area contributed by atoms with Crippen LogP contribution < -0.4 is 5.32 Å². The van der Waals surface area contributed by atoms with E-state index in [1.807, 2.05) is 6.92 Å². The highest BCUT2D eigenvalue weighted by Crippen LogP contribution is 2.41. The summed E-state index contributed by atoms with van der Waals surface area (Å²) in [6, 6.07) is 0. The lowest BCUT2D eigenvalue weighted by Crippen LogP contribution is -2.32. The van der Waals surface area contributed by atoms with Crippen molar-refractivity contribution in [3.05, 3.63) is 11.9 Å². The summed E-state index contributed by atoms with van der Waals surface area (Å²) in [4.78, 5) is 23.6. The van der Waals surface area contributed by atoms with Crippen molar-refractivity contribution >= 4 is 17.6 Å². The van der Waals surface area contributed by atoms with E-state index >= 15 is 0 Å². The van der Waals surface area contributed by atoms with Crippen molar-refractivity contribution in [2.45, 2.75) is 45.4 Å². The highest BCUT2D eigenvalue weighted by atomic mass is 16.4. The van der Waals surface area contributed by atoms with Crippen LogP contribution in [0, 0.1) is 5.41 Å². The van der Waals surface area contributed by atoms with Gasteiger partial charge < -0.3 is 10.4 Å². The van der Waals surface area contributed by atoms with Gasteiger partial charge >= 0.3 is 5.97 Å². The number of carboxylic acids is 1. The molecule has 0 bridgehead atoms. The number of aromatic nitrogens is 2. The molecule has 0 spiro atoms. The summed E-state index contributed by atoms with van der Waals surface area (Å²) in [6.45, 7) is 1.97. The van der Waals surface area contributed by atoms with E-state index < -0.39 is 11.4 Å². The SMILES string of the molecule is CCc1nn(C)cc1NC(=O)CC1(C(=O)O)CCCC1. The smallest absolute Gasteiger partial charge is 0.310 e. The lowest BCUT2D eigenvalue weighted by atomic mass is 9.82.